The molecule has 0 radical (unpaired) electrons. The maximum absolute atomic E-state index is 13.3. The van der Waals surface area contributed by atoms with Crippen LogP contribution in [0.2, 0.25) is 0 Å². The zero-order valence-corrected chi connectivity index (χ0v) is 11.7. The summed E-state index contributed by atoms with van der Waals surface area (Å²) in [4.78, 5) is 22.5. The molecule has 2 N–H and O–H groups in total. The lowest BCUT2D eigenvalue weighted by Crippen LogP contribution is -2.13. The Bertz CT molecular complexity index is 699. The minimum absolute atomic E-state index is 0.178. The fraction of sp³-hybridized carbons (Fsp3) is 0.0833. The Morgan fingerprint density at radius 2 is 2.10 bits per heavy atom. The number of benzene rings is 1. The topological polar surface area (TPSA) is 92.4 Å². The van der Waals surface area contributed by atoms with Crippen LogP contribution < -0.4 is 5.32 Å². The van der Waals surface area contributed by atoms with E-state index in [9.17, 15) is 14.0 Å². The van der Waals surface area contributed by atoms with Gasteiger partial charge in [0.2, 0.25) is 5.76 Å². The summed E-state index contributed by atoms with van der Waals surface area (Å²) in [6.07, 6.45) is 0. The van der Waals surface area contributed by atoms with Crippen molar-refractivity contribution in [3.05, 3.63) is 45.5 Å². The number of carbonyl (C=O) groups is 2. The quantitative estimate of drug-likeness (QED) is 0.894. The van der Waals surface area contributed by atoms with Crippen LogP contribution in [0, 0.1) is 12.7 Å². The molecule has 0 bridgehead atoms. The number of halogens is 2. The Hall–Kier alpha value is -2.22. The van der Waals surface area contributed by atoms with Crippen LogP contribution in [0.3, 0.4) is 0 Å². The molecule has 1 aromatic heterocycles. The zero-order chi connectivity index (χ0) is 14.9. The predicted molar refractivity (Wildman–Crippen MR) is 70.3 cm³/mol. The van der Waals surface area contributed by atoms with Crippen LogP contribution in [-0.4, -0.2) is 22.1 Å². The van der Waals surface area contributed by atoms with Crippen LogP contribution in [0.15, 0.2) is 27.2 Å². The molecule has 0 atom stereocenters. The van der Waals surface area contributed by atoms with E-state index >= 15 is 0 Å². The van der Waals surface area contributed by atoms with Crippen LogP contribution in [0.25, 0.3) is 0 Å². The largest absolute Gasteiger partial charge is 0.475 e. The maximum Gasteiger partial charge on any atom is 0.374 e. The molecule has 104 valence electrons. The third-order valence-electron chi connectivity index (χ3n) is 2.47. The van der Waals surface area contributed by atoms with Crippen LogP contribution in [0.5, 0.6) is 0 Å². The maximum atomic E-state index is 13.3. The summed E-state index contributed by atoms with van der Waals surface area (Å²) in [5.74, 6) is -2.86. The normalized spacial score (nSPS) is 10.3. The molecule has 0 saturated heterocycles. The standard InChI is InChI=1S/C12H8BrFN2O4/c1-5-2-7(14)6(13)3-8(5)15-11(17)9-4-10(12(18)19)20-16-9/h2-4H,1H3,(H,15,17)(H,18,19). The molecule has 0 aliphatic rings. The summed E-state index contributed by atoms with van der Waals surface area (Å²) in [7, 11) is 0. The molecule has 2 aromatic rings. The second kappa shape index (κ2) is 5.41. The van der Waals surface area contributed by atoms with Gasteiger partial charge in [-0.25, -0.2) is 9.18 Å². The number of rotatable bonds is 3. The molecular weight excluding hydrogens is 335 g/mol. The molecule has 20 heavy (non-hydrogen) atoms. The number of aromatic carboxylic acids is 1. The lowest BCUT2D eigenvalue weighted by atomic mass is 10.2. The van der Waals surface area contributed by atoms with E-state index < -0.39 is 23.5 Å². The van der Waals surface area contributed by atoms with Crippen molar-refractivity contribution < 1.29 is 23.6 Å². The minimum atomic E-state index is -1.32. The molecular formula is C12H8BrFN2O4. The van der Waals surface area contributed by atoms with Gasteiger partial charge in [-0.15, -0.1) is 0 Å². The lowest BCUT2D eigenvalue weighted by molar-refractivity contribution is 0.0651. The fourth-order valence-electron chi connectivity index (χ4n) is 1.45. The predicted octanol–water partition coefficient (Wildman–Crippen LogP) is 2.84. The molecule has 0 aliphatic heterocycles. The molecule has 0 fully saturated rings. The first-order valence-corrected chi connectivity index (χ1v) is 6.15. The number of carbonyl (C=O) groups excluding carboxylic acids is 1. The van der Waals surface area contributed by atoms with Gasteiger partial charge in [0.15, 0.2) is 5.69 Å². The first-order chi connectivity index (χ1) is 9.38. The van der Waals surface area contributed by atoms with Gasteiger partial charge in [0.05, 0.1) is 4.47 Å². The van der Waals surface area contributed by atoms with Gasteiger partial charge in [0, 0.05) is 11.8 Å². The second-order valence-corrected chi connectivity index (χ2v) is 4.77. The number of carboxylic acids is 1. The van der Waals surface area contributed by atoms with E-state index in [1.165, 1.54) is 12.1 Å². The van der Waals surface area contributed by atoms with E-state index in [1.807, 2.05) is 0 Å². The van der Waals surface area contributed by atoms with Crippen molar-refractivity contribution in [3.63, 3.8) is 0 Å². The van der Waals surface area contributed by atoms with Gasteiger partial charge >= 0.3 is 5.97 Å². The summed E-state index contributed by atoms with van der Waals surface area (Å²) in [6, 6.07) is 3.66. The van der Waals surface area contributed by atoms with Gasteiger partial charge < -0.3 is 14.9 Å². The van der Waals surface area contributed by atoms with Gasteiger partial charge in [-0.05, 0) is 40.5 Å². The average Bonchev–Trinajstić information content (AvgIpc) is 2.85. The molecule has 0 aliphatic carbocycles. The number of aryl methyl sites for hydroxylation is 1. The Balaban J connectivity index is 2.23. The minimum Gasteiger partial charge on any atom is -0.475 e. The fourth-order valence-corrected chi connectivity index (χ4v) is 1.79. The van der Waals surface area contributed by atoms with Crippen LogP contribution >= 0.6 is 15.9 Å². The van der Waals surface area contributed by atoms with Crippen LogP contribution in [-0.2, 0) is 0 Å². The molecule has 2 rings (SSSR count). The summed E-state index contributed by atoms with van der Waals surface area (Å²) in [6.45, 7) is 1.62. The highest BCUT2D eigenvalue weighted by molar-refractivity contribution is 9.10. The van der Waals surface area contributed by atoms with Crippen LogP contribution in [0.4, 0.5) is 10.1 Å². The summed E-state index contributed by atoms with van der Waals surface area (Å²) in [5.41, 5.74) is 0.714. The van der Waals surface area contributed by atoms with Crippen molar-refractivity contribution in [3.8, 4) is 0 Å². The molecule has 1 heterocycles. The number of aromatic nitrogens is 1. The van der Waals surface area contributed by atoms with Crippen molar-refractivity contribution in [2.24, 2.45) is 0 Å². The van der Waals surface area contributed by atoms with E-state index in [1.54, 1.807) is 6.92 Å². The second-order valence-electron chi connectivity index (χ2n) is 3.92. The number of nitrogens with one attached hydrogen (secondary N) is 1. The number of anilines is 1. The van der Waals surface area contributed by atoms with Crippen LogP contribution in [0.1, 0.15) is 26.6 Å². The monoisotopic (exact) mass is 342 g/mol. The van der Waals surface area contributed by atoms with Gasteiger partial charge in [0.1, 0.15) is 5.82 Å². The molecule has 0 unspecified atom stereocenters. The molecule has 0 spiro atoms. The van der Waals surface area contributed by atoms with E-state index in [4.69, 9.17) is 5.11 Å². The Morgan fingerprint density at radius 3 is 2.70 bits per heavy atom. The van der Waals surface area contributed by atoms with E-state index in [2.05, 4.69) is 30.9 Å². The molecule has 8 heteroatoms. The van der Waals surface area contributed by atoms with Gasteiger partial charge in [-0.1, -0.05) is 5.16 Å². The van der Waals surface area contributed by atoms with E-state index in [0.29, 0.717) is 11.3 Å². The van der Waals surface area contributed by atoms with E-state index in [0.717, 1.165) is 6.07 Å². The molecule has 6 nitrogen and oxygen atoms in total. The number of hydrogen-bond donors (Lipinski definition) is 2. The number of amides is 1. The average molecular weight is 343 g/mol. The molecule has 0 saturated carbocycles. The highest BCUT2D eigenvalue weighted by atomic mass is 79.9. The SMILES string of the molecule is Cc1cc(F)c(Br)cc1NC(=O)c1cc(C(=O)O)on1. The lowest BCUT2D eigenvalue weighted by Gasteiger charge is -2.08. The van der Waals surface area contributed by atoms with Gasteiger partial charge in [-0.2, -0.15) is 0 Å². The first-order valence-electron chi connectivity index (χ1n) is 5.35. The zero-order valence-electron chi connectivity index (χ0n) is 10.1. The van der Waals surface area contributed by atoms with Gasteiger partial charge in [0.25, 0.3) is 5.91 Å². The highest BCUT2D eigenvalue weighted by Crippen LogP contribution is 2.24. The summed E-state index contributed by atoms with van der Waals surface area (Å²) < 4.78 is 17.9. The number of hydrogen-bond acceptors (Lipinski definition) is 4. The third-order valence-corrected chi connectivity index (χ3v) is 3.08. The third kappa shape index (κ3) is 2.85. The van der Waals surface area contributed by atoms with Crippen molar-refractivity contribution in [2.45, 2.75) is 6.92 Å². The Morgan fingerprint density at radius 1 is 1.40 bits per heavy atom. The van der Waals surface area contributed by atoms with Gasteiger partial charge in [-0.3, -0.25) is 4.79 Å². The highest BCUT2D eigenvalue weighted by Gasteiger charge is 2.17. The smallest absolute Gasteiger partial charge is 0.374 e. The first kappa shape index (κ1) is 14.2. The van der Waals surface area contributed by atoms with Crippen molar-refractivity contribution in [2.75, 3.05) is 5.32 Å². The summed E-state index contributed by atoms with van der Waals surface area (Å²) in [5, 5.41) is 14.5. The van der Waals surface area contributed by atoms with Crippen molar-refractivity contribution in [1.29, 1.82) is 0 Å². The number of carboxylic acid groups (broad SMARTS) is 1. The molecule has 1 aromatic carbocycles. The van der Waals surface area contributed by atoms with Crippen molar-refractivity contribution in [1.82, 2.24) is 5.16 Å². The Labute approximate surface area is 120 Å². The number of nitrogens with zero attached hydrogens (tertiary/aromatic N) is 1. The van der Waals surface area contributed by atoms with Crippen molar-refractivity contribution >= 4 is 33.5 Å². The van der Waals surface area contributed by atoms with E-state index in [-0.39, 0.29) is 10.2 Å². The summed E-state index contributed by atoms with van der Waals surface area (Å²) >= 11 is 3.01. The molecule has 1 amide bonds. The Kier molecular flexibility index (Phi) is 3.84.